The van der Waals surface area contributed by atoms with Crippen molar-refractivity contribution in [2.75, 3.05) is 18.0 Å². The number of aryl methyl sites for hydroxylation is 1. The van der Waals surface area contributed by atoms with Gasteiger partial charge in [0, 0.05) is 24.0 Å². The maximum atomic E-state index is 5.95. The van der Waals surface area contributed by atoms with Gasteiger partial charge in [-0.3, -0.25) is 0 Å². The summed E-state index contributed by atoms with van der Waals surface area (Å²) in [6.45, 7) is 11.0. The highest BCUT2D eigenvalue weighted by atomic mass is 32.1. The van der Waals surface area contributed by atoms with E-state index in [2.05, 4.69) is 30.7 Å². The Morgan fingerprint density at radius 1 is 1.35 bits per heavy atom. The number of hydrogen-bond acceptors (Lipinski definition) is 4. The standard InChI is InChI=1S/C13H23N3S/c1-9(14)11-10(2)15-12(17-11)16-7-5-13(3,4)6-8-16/h9H,5-8,14H2,1-4H3. The van der Waals surface area contributed by atoms with Gasteiger partial charge in [0.2, 0.25) is 0 Å². The van der Waals surface area contributed by atoms with E-state index in [-0.39, 0.29) is 6.04 Å². The molecule has 0 amide bonds. The topological polar surface area (TPSA) is 42.2 Å². The molecule has 2 rings (SSSR count). The molecule has 1 aromatic rings. The van der Waals surface area contributed by atoms with Crippen molar-refractivity contribution >= 4 is 16.5 Å². The van der Waals surface area contributed by atoms with Gasteiger partial charge in [-0.25, -0.2) is 4.98 Å². The maximum Gasteiger partial charge on any atom is 0.185 e. The van der Waals surface area contributed by atoms with Crippen molar-refractivity contribution in [3.63, 3.8) is 0 Å². The summed E-state index contributed by atoms with van der Waals surface area (Å²) < 4.78 is 0. The van der Waals surface area contributed by atoms with E-state index in [9.17, 15) is 0 Å². The van der Waals surface area contributed by atoms with Gasteiger partial charge in [0.05, 0.1) is 5.69 Å². The van der Waals surface area contributed by atoms with E-state index in [1.165, 1.54) is 17.7 Å². The van der Waals surface area contributed by atoms with Crippen LogP contribution in [0.1, 0.15) is 50.2 Å². The first-order valence-corrected chi connectivity index (χ1v) is 7.18. The minimum Gasteiger partial charge on any atom is -0.348 e. The van der Waals surface area contributed by atoms with Gasteiger partial charge in [-0.2, -0.15) is 0 Å². The highest BCUT2D eigenvalue weighted by Gasteiger charge is 2.27. The Kier molecular flexibility index (Phi) is 3.46. The fourth-order valence-electron chi connectivity index (χ4n) is 2.25. The Morgan fingerprint density at radius 3 is 2.41 bits per heavy atom. The summed E-state index contributed by atoms with van der Waals surface area (Å²) in [6.07, 6.45) is 2.50. The molecule has 1 aromatic heterocycles. The van der Waals surface area contributed by atoms with Gasteiger partial charge in [0.15, 0.2) is 5.13 Å². The van der Waals surface area contributed by atoms with Gasteiger partial charge >= 0.3 is 0 Å². The summed E-state index contributed by atoms with van der Waals surface area (Å²) in [6, 6.07) is 0.0995. The normalized spacial score (nSPS) is 21.6. The number of hydrogen-bond donors (Lipinski definition) is 1. The summed E-state index contributed by atoms with van der Waals surface area (Å²) in [7, 11) is 0. The van der Waals surface area contributed by atoms with Crippen LogP contribution in [0.2, 0.25) is 0 Å². The molecule has 0 aliphatic carbocycles. The number of piperidine rings is 1. The Morgan fingerprint density at radius 2 is 1.94 bits per heavy atom. The van der Waals surface area contributed by atoms with Crippen molar-refractivity contribution in [3.8, 4) is 0 Å². The van der Waals surface area contributed by atoms with Crippen molar-refractivity contribution in [1.29, 1.82) is 0 Å². The van der Waals surface area contributed by atoms with Crippen LogP contribution in [-0.4, -0.2) is 18.1 Å². The lowest BCUT2D eigenvalue weighted by Crippen LogP contribution is -2.37. The third-order valence-corrected chi connectivity index (χ3v) is 5.04. The lowest BCUT2D eigenvalue weighted by Gasteiger charge is -2.36. The Balaban J connectivity index is 2.11. The van der Waals surface area contributed by atoms with Crippen molar-refractivity contribution in [3.05, 3.63) is 10.6 Å². The third kappa shape index (κ3) is 2.80. The second kappa shape index (κ2) is 4.58. The molecule has 1 aliphatic rings. The van der Waals surface area contributed by atoms with Crippen LogP contribution in [0, 0.1) is 12.3 Å². The molecule has 4 heteroatoms. The van der Waals surface area contributed by atoms with Crippen LogP contribution in [0.15, 0.2) is 0 Å². The van der Waals surface area contributed by atoms with Gasteiger partial charge in [-0.1, -0.05) is 13.8 Å². The SMILES string of the molecule is Cc1nc(N2CCC(C)(C)CC2)sc1C(C)N. The van der Waals surface area contributed by atoms with Crippen molar-refractivity contribution in [2.45, 2.75) is 46.6 Å². The highest BCUT2D eigenvalue weighted by Crippen LogP contribution is 2.35. The number of thiazole rings is 1. The summed E-state index contributed by atoms with van der Waals surface area (Å²) in [5.41, 5.74) is 7.55. The number of nitrogens with zero attached hydrogens (tertiary/aromatic N) is 2. The zero-order valence-electron chi connectivity index (χ0n) is 11.3. The molecule has 17 heavy (non-hydrogen) atoms. The van der Waals surface area contributed by atoms with Gasteiger partial charge in [-0.05, 0) is 32.1 Å². The van der Waals surface area contributed by atoms with Gasteiger partial charge in [0.25, 0.3) is 0 Å². The number of aromatic nitrogens is 1. The lowest BCUT2D eigenvalue weighted by molar-refractivity contribution is 0.279. The van der Waals surface area contributed by atoms with E-state index < -0.39 is 0 Å². The van der Waals surface area contributed by atoms with Gasteiger partial charge in [0.1, 0.15) is 0 Å². The van der Waals surface area contributed by atoms with E-state index in [1.54, 1.807) is 11.3 Å². The quantitative estimate of drug-likeness (QED) is 0.880. The molecule has 0 spiro atoms. The van der Waals surface area contributed by atoms with Crippen molar-refractivity contribution in [2.24, 2.45) is 11.1 Å². The van der Waals surface area contributed by atoms with Crippen LogP contribution >= 0.6 is 11.3 Å². The lowest BCUT2D eigenvalue weighted by atomic mass is 9.83. The van der Waals surface area contributed by atoms with E-state index >= 15 is 0 Å². The van der Waals surface area contributed by atoms with Crippen molar-refractivity contribution < 1.29 is 0 Å². The number of anilines is 1. The van der Waals surface area contributed by atoms with Crippen LogP contribution in [0.25, 0.3) is 0 Å². The molecule has 1 fully saturated rings. The molecule has 0 saturated carbocycles. The smallest absolute Gasteiger partial charge is 0.185 e. The van der Waals surface area contributed by atoms with E-state index in [0.717, 1.165) is 23.9 Å². The summed E-state index contributed by atoms with van der Waals surface area (Å²) >= 11 is 1.76. The predicted molar refractivity (Wildman–Crippen MR) is 74.7 cm³/mol. The molecule has 2 heterocycles. The van der Waals surface area contributed by atoms with Crippen molar-refractivity contribution in [1.82, 2.24) is 4.98 Å². The fraction of sp³-hybridized carbons (Fsp3) is 0.769. The highest BCUT2D eigenvalue weighted by molar-refractivity contribution is 7.15. The van der Waals surface area contributed by atoms with Gasteiger partial charge < -0.3 is 10.6 Å². The molecule has 1 saturated heterocycles. The Labute approximate surface area is 108 Å². The van der Waals surface area contributed by atoms with E-state index in [4.69, 9.17) is 5.73 Å². The summed E-state index contributed by atoms with van der Waals surface area (Å²) in [4.78, 5) is 8.31. The zero-order chi connectivity index (χ0) is 12.6. The van der Waals surface area contributed by atoms with Crippen LogP contribution in [0.4, 0.5) is 5.13 Å². The molecule has 1 aliphatic heterocycles. The molecule has 2 N–H and O–H groups in total. The Hall–Kier alpha value is -0.610. The first kappa shape index (κ1) is 12.8. The number of rotatable bonds is 2. The average Bonchev–Trinajstić information content (AvgIpc) is 2.60. The monoisotopic (exact) mass is 253 g/mol. The zero-order valence-corrected chi connectivity index (χ0v) is 12.1. The second-order valence-electron chi connectivity index (χ2n) is 5.89. The first-order chi connectivity index (χ1) is 7.89. The van der Waals surface area contributed by atoms with Crippen LogP contribution in [0.5, 0.6) is 0 Å². The fourth-order valence-corrected chi connectivity index (χ4v) is 3.32. The van der Waals surface area contributed by atoms with Crippen LogP contribution in [0.3, 0.4) is 0 Å². The molecule has 96 valence electrons. The largest absolute Gasteiger partial charge is 0.348 e. The second-order valence-corrected chi connectivity index (χ2v) is 6.90. The first-order valence-electron chi connectivity index (χ1n) is 6.37. The molecular weight excluding hydrogens is 230 g/mol. The molecular formula is C13H23N3S. The minimum absolute atomic E-state index is 0.0995. The van der Waals surface area contributed by atoms with E-state index in [1.807, 2.05) is 6.92 Å². The third-order valence-electron chi connectivity index (χ3n) is 3.62. The Bertz CT molecular complexity index is 385. The number of nitrogens with two attached hydrogens (primary N) is 1. The average molecular weight is 253 g/mol. The minimum atomic E-state index is 0.0995. The molecule has 1 unspecified atom stereocenters. The molecule has 0 aromatic carbocycles. The summed E-state index contributed by atoms with van der Waals surface area (Å²) in [5, 5.41) is 1.16. The van der Waals surface area contributed by atoms with Crippen LogP contribution < -0.4 is 10.6 Å². The van der Waals surface area contributed by atoms with Gasteiger partial charge in [-0.15, -0.1) is 11.3 Å². The molecule has 0 bridgehead atoms. The van der Waals surface area contributed by atoms with Crippen LogP contribution in [-0.2, 0) is 0 Å². The van der Waals surface area contributed by atoms with E-state index in [0.29, 0.717) is 5.41 Å². The molecule has 0 radical (unpaired) electrons. The summed E-state index contributed by atoms with van der Waals surface area (Å²) in [5.74, 6) is 0. The maximum absolute atomic E-state index is 5.95. The molecule has 3 nitrogen and oxygen atoms in total. The molecule has 1 atom stereocenters. The predicted octanol–water partition coefficient (Wildman–Crippen LogP) is 3.10.